The van der Waals surface area contributed by atoms with Crippen LogP contribution in [0.25, 0.3) is 23.3 Å². The summed E-state index contributed by atoms with van der Waals surface area (Å²) in [5, 5.41) is 6.24. The molecular weight excluding hydrogens is 423 g/mol. The Morgan fingerprint density at radius 1 is 0.500 bits per heavy atom. The molecule has 4 aromatic carbocycles. The summed E-state index contributed by atoms with van der Waals surface area (Å²) in [4.78, 5) is 1.27. The minimum Gasteiger partial charge on any atom is -0.144 e. The van der Waals surface area contributed by atoms with Gasteiger partial charge in [0.05, 0.1) is 0 Å². The van der Waals surface area contributed by atoms with Gasteiger partial charge in [-0.25, -0.2) is 0 Å². The monoisotopic (exact) mass is 446 g/mol. The summed E-state index contributed by atoms with van der Waals surface area (Å²) in [6.45, 7) is 0. The Labute approximate surface area is 195 Å². The molecule has 1 aromatic heterocycles. The highest BCUT2D eigenvalue weighted by Crippen LogP contribution is 2.38. The van der Waals surface area contributed by atoms with E-state index in [9.17, 15) is 0 Å². The van der Waals surface area contributed by atoms with E-state index in [0.717, 1.165) is 0 Å². The Kier molecular flexibility index (Phi) is 6.40. The van der Waals surface area contributed by atoms with Gasteiger partial charge in [-0.15, -0.1) is 11.3 Å². The molecule has 0 aliphatic heterocycles. The van der Waals surface area contributed by atoms with Gasteiger partial charge in [-0.1, -0.05) is 121 Å². The molecule has 0 amide bonds. The van der Waals surface area contributed by atoms with Crippen LogP contribution in [0.3, 0.4) is 0 Å². The summed E-state index contributed by atoms with van der Waals surface area (Å²) >= 11 is 1.76. The first-order valence-corrected chi connectivity index (χ1v) is 12.9. The molecule has 0 aliphatic carbocycles. The Hall–Kier alpha value is -3.25. The number of rotatable bonds is 6. The fourth-order valence-corrected chi connectivity index (χ4v) is 7.01. The minimum absolute atomic E-state index is 0.670. The van der Waals surface area contributed by atoms with Gasteiger partial charge in [-0.3, -0.25) is 0 Å². The Balaban J connectivity index is 1.66. The second kappa shape index (κ2) is 9.92. The minimum atomic E-state index is -0.670. The Morgan fingerprint density at radius 3 is 1.75 bits per heavy atom. The van der Waals surface area contributed by atoms with Crippen molar-refractivity contribution in [2.24, 2.45) is 0 Å². The van der Waals surface area contributed by atoms with Crippen LogP contribution in [0, 0.1) is 0 Å². The van der Waals surface area contributed by atoms with Crippen molar-refractivity contribution in [3.05, 3.63) is 137 Å². The molecule has 1 heterocycles. The van der Waals surface area contributed by atoms with Crippen LogP contribution in [0.4, 0.5) is 0 Å². The van der Waals surface area contributed by atoms with E-state index in [1.165, 1.54) is 37.5 Å². The molecule has 2 heteroatoms. The molecule has 0 spiro atoms. The Bertz CT molecular complexity index is 1270. The van der Waals surface area contributed by atoms with Crippen LogP contribution in [0.1, 0.15) is 10.4 Å². The average molecular weight is 447 g/mol. The van der Waals surface area contributed by atoms with Crippen LogP contribution in [-0.4, -0.2) is 0 Å². The highest BCUT2D eigenvalue weighted by molar-refractivity contribution is 7.80. The third-order valence-corrected chi connectivity index (χ3v) is 8.73. The maximum atomic E-state index is 2.31. The van der Waals surface area contributed by atoms with Gasteiger partial charge in [-0.2, -0.15) is 0 Å². The molecule has 0 saturated carbocycles. The highest BCUT2D eigenvalue weighted by atomic mass is 32.1. The summed E-state index contributed by atoms with van der Waals surface area (Å²) < 4.78 is 0. The fraction of sp³-hybridized carbons (Fsp3) is 0. The van der Waals surface area contributed by atoms with Gasteiger partial charge in [-0.05, 0) is 58.0 Å². The molecule has 5 aromatic rings. The smallest absolute Gasteiger partial charge is 0.0270 e. The molecule has 0 saturated heterocycles. The third-order valence-electron chi connectivity index (χ3n) is 5.40. The van der Waals surface area contributed by atoms with E-state index in [1.54, 1.807) is 11.3 Å². The summed E-state index contributed by atoms with van der Waals surface area (Å²) in [6, 6.07) is 43.7. The summed E-state index contributed by atoms with van der Waals surface area (Å²) in [7, 11) is -0.670. The zero-order chi connectivity index (χ0) is 21.6. The molecule has 0 bridgehead atoms. The van der Waals surface area contributed by atoms with E-state index in [1.807, 2.05) is 0 Å². The highest BCUT2D eigenvalue weighted by Gasteiger charge is 2.20. The number of benzene rings is 4. The first-order valence-electron chi connectivity index (χ1n) is 10.7. The van der Waals surface area contributed by atoms with Crippen LogP contribution in [0.5, 0.6) is 0 Å². The van der Waals surface area contributed by atoms with Crippen LogP contribution < -0.4 is 15.9 Å². The summed E-state index contributed by atoms with van der Waals surface area (Å²) in [6.07, 6.45) is 4.45. The van der Waals surface area contributed by atoms with E-state index in [4.69, 9.17) is 0 Å². The van der Waals surface area contributed by atoms with Crippen molar-refractivity contribution in [3.63, 3.8) is 0 Å². The standard InChI is InChI=1S/C30H23PS/c1-3-13-25(14-4-1)31(26-15-5-2-6-16-26)30-20-10-9-19-29(30)28-18-8-7-12-24(28)21-22-27-17-11-23-32-27/h1-23H. The van der Waals surface area contributed by atoms with Crippen molar-refractivity contribution in [2.75, 3.05) is 0 Å². The number of hydrogen-bond acceptors (Lipinski definition) is 1. The van der Waals surface area contributed by atoms with Gasteiger partial charge in [0, 0.05) is 4.88 Å². The molecule has 0 atom stereocenters. The van der Waals surface area contributed by atoms with E-state index in [-0.39, 0.29) is 0 Å². The first kappa shape index (κ1) is 20.6. The van der Waals surface area contributed by atoms with Crippen LogP contribution in [0.2, 0.25) is 0 Å². The third kappa shape index (κ3) is 4.50. The van der Waals surface area contributed by atoms with Crippen molar-refractivity contribution < 1.29 is 0 Å². The van der Waals surface area contributed by atoms with Gasteiger partial charge in [0.25, 0.3) is 0 Å². The van der Waals surface area contributed by atoms with Crippen LogP contribution in [0.15, 0.2) is 127 Å². The lowest BCUT2D eigenvalue weighted by Crippen LogP contribution is -2.22. The topological polar surface area (TPSA) is 0 Å². The second-order valence-corrected chi connectivity index (χ2v) is 10.6. The summed E-state index contributed by atoms with van der Waals surface area (Å²) in [5.74, 6) is 0. The lowest BCUT2D eigenvalue weighted by Gasteiger charge is -2.23. The van der Waals surface area contributed by atoms with Crippen molar-refractivity contribution in [2.45, 2.75) is 0 Å². The van der Waals surface area contributed by atoms with E-state index >= 15 is 0 Å². The lowest BCUT2D eigenvalue weighted by molar-refractivity contribution is 1.61. The molecule has 0 radical (unpaired) electrons. The van der Waals surface area contributed by atoms with Gasteiger partial charge in [0.1, 0.15) is 0 Å². The largest absolute Gasteiger partial charge is 0.144 e. The average Bonchev–Trinajstić information content (AvgIpc) is 3.39. The van der Waals surface area contributed by atoms with Gasteiger partial charge >= 0.3 is 0 Å². The molecule has 0 unspecified atom stereocenters. The predicted molar refractivity (Wildman–Crippen MR) is 144 cm³/mol. The molecule has 0 fully saturated rings. The molecule has 154 valence electrons. The van der Waals surface area contributed by atoms with Crippen molar-refractivity contribution >= 4 is 47.3 Å². The molecule has 0 aliphatic rings. The lowest BCUT2D eigenvalue weighted by atomic mass is 9.99. The SMILES string of the molecule is C(=Cc1ccccc1-c1ccccc1P(c1ccccc1)c1ccccc1)c1cccs1. The maximum Gasteiger partial charge on any atom is 0.0270 e. The first-order chi connectivity index (χ1) is 15.9. The molecule has 0 nitrogen and oxygen atoms in total. The zero-order valence-corrected chi connectivity index (χ0v) is 19.3. The second-order valence-electron chi connectivity index (χ2n) is 7.46. The number of hydrogen-bond donors (Lipinski definition) is 0. The van der Waals surface area contributed by atoms with Crippen LogP contribution in [-0.2, 0) is 0 Å². The molecule has 0 N–H and O–H groups in total. The quantitative estimate of drug-likeness (QED) is 0.239. The van der Waals surface area contributed by atoms with Gasteiger partial charge in [0.15, 0.2) is 0 Å². The Morgan fingerprint density at radius 2 is 1.09 bits per heavy atom. The van der Waals surface area contributed by atoms with E-state index in [2.05, 4.69) is 139 Å². The van der Waals surface area contributed by atoms with Crippen molar-refractivity contribution in [1.29, 1.82) is 0 Å². The maximum absolute atomic E-state index is 2.31. The fourth-order valence-electron chi connectivity index (χ4n) is 3.92. The number of thiophene rings is 1. The predicted octanol–water partition coefficient (Wildman–Crippen LogP) is 7.34. The van der Waals surface area contributed by atoms with E-state index < -0.39 is 7.92 Å². The summed E-state index contributed by atoms with van der Waals surface area (Å²) in [5.41, 5.74) is 3.82. The zero-order valence-electron chi connectivity index (χ0n) is 17.6. The van der Waals surface area contributed by atoms with Crippen LogP contribution >= 0.6 is 19.3 Å². The van der Waals surface area contributed by atoms with Gasteiger partial charge in [0.2, 0.25) is 0 Å². The van der Waals surface area contributed by atoms with Crippen molar-refractivity contribution in [3.8, 4) is 11.1 Å². The molecule has 5 rings (SSSR count). The molecular formula is C30H23PS. The van der Waals surface area contributed by atoms with Gasteiger partial charge < -0.3 is 0 Å². The molecule has 32 heavy (non-hydrogen) atoms. The van der Waals surface area contributed by atoms with E-state index in [0.29, 0.717) is 0 Å². The van der Waals surface area contributed by atoms with Crippen molar-refractivity contribution in [1.82, 2.24) is 0 Å². The normalized spacial score (nSPS) is 11.3.